The maximum atomic E-state index is 9.53. The van der Waals surface area contributed by atoms with Gasteiger partial charge in [0.1, 0.15) is 5.75 Å². The van der Waals surface area contributed by atoms with Crippen molar-refractivity contribution in [1.82, 2.24) is 0 Å². The van der Waals surface area contributed by atoms with Gasteiger partial charge in [-0.25, -0.2) is 0 Å². The first-order chi connectivity index (χ1) is 18.1. The summed E-state index contributed by atoms with van der Waals surface area (Å²) in [5.41, 5.74) is 10.1. The van der Waals surface area contributed by atoms with Crippen molar-refractivity contribution in [3.63, 3.8) is 0 Å². The standard InChI is InChI=1S/C33H31N3O/c1-23-3-11-28(12-4-23)35-29-15-7-25(8-16-29)33(24-5-13-27(34-2)14-6-24)26-9-17-30(18-10-26)36-31-19-21-32(37)22-20-31/h3-22,33-37H,1-2H3. The molecule has 1 unspecified atom stereocenters. The molecule has 0 amide bonds. The van der Waals surface area contributed by atoms with Crippen molar-refractivity contribution >= 4 is 28.4 Å². The summed E-state index contributed by atoms with van der Waals surface area (Å²) in [6.45, 7) is 2.10. The fourth-order valence-corrected chi connectivity index (χ4v) is 4.45. The molecule has 4 N–H and O–H groups in total. The Labute approximate surface area is 218 Å². The number of hydrogen-bond donors (Lipinski definition) is 4. The maximum absolute atomic E-state index is 9.53. The Morgan fingerprint density at radius 1 is 0.459 bits per heavy atom. The SMILES string of the molecule is CNc1ccc(C(c2ccc(Nc3ccc(C)cc3)cc2)c2ccc(Nc3ccc(O)cc3)cc2)cc1. The van der Waals surface area contributed by atoms with Crippen LogP contribution in [-0.4, -0.2) is 12.2 Å². The molecule has 0 fully saturated rings. The zero-order chi connectivity index (χ0) is 25.6. The summed E-state index contributed by atoms with van der Waals surface area (Å²) >= 11 is 0. The average molecular weight is 486 g/mol. The van der Waals surface area contributed by atoms with Crippen LogP contribution < -0.4 is 16.0 Å². The van der Waals surface area contributed by atoms with Gasteiger partial charge in [-0.1, -0.05) is 54.1 Å². The van der Waals surface area contributed by atoms with E-state index in [1.54, 1.807) is 12.1 Å². The van der Waals surface area contributed by atoms with Crippen LogP contribution in [0.5, 0.6) is 5.75 Å². The van der Waals surface area contributed by atoms with E-state index < -0.39 is 0 Å². The Bertz CT molecular complexity index is 1330. The van der Waals surface area contributed by atoms with Crippen molar-refractivity contribution in [3.8, 4) is 5.75 Å². The van der Waals surface area contributed by atoms with Crippen LogP contribution in [0.1, 0.15) is 28.2 Å². The molecule has 0 saturated carbocycles. The van der Waals surface area contributed by atoms with Gasteiger partial charge in [0.05, 0.1) is 0 Å². The van der Waals surface area contributed by atoms with Gasteiger partial charge in [-0.3, -0.25) is 0 Å². The third-order valence-corrected chi connectivity index (χ3v) is 6.52. The summed E-state index contributed by atoms with van der Waals surface area (Å²) in [6, 6.07) is 41.4. The van der Waals surface area contributed by atoms with E-state index in [9.17, 15) is 5.11 Å². The summed E-state index contributed by atoms with van der Waals surface area (Å²) in [6.07, 6.45) is 0. The third-order valence-electron chi connectivity index (χ3n) is 6.52. The van der Waals surface area contributed by atoms with Crippen LogP contribution in [0, 0.1) is 6.92 Å². The number of nitrogens with one attached hydrogen (secondary N) is 3. The molecule has 5 aromatic carbocycles. The van der Waals surface area contributed by atoms with Gasteiger partial charge in [0, 0.05) is 41.4 Å². The van der Waals surface area contributed by atoms with Gasteiger partial charge in [0.15, 0.2) is 0 Å². The normalized spacial score (nSPS) is 11.5. The second-order valence-electron chi connectivity index (χ2n) is 9.21. The summed E-state index contributed by atoms with van der Waals surface area (Å²) in [4.78, 5) is 0. The quantitative estimate of drug-likeness (QED) is 0.132. The van der Waals surface area contributed by atoms with Gasteiger partial charge in [0.25, 0.3) is 0 Å². The van der Waals surface area contributed by atoms with E-state index in [0.717, 1.165) is 28.4 Å². The molecule has 0 spiro atoms. The topological polar surface area (TPSA) is 56.3 Å². The molecule has 0 heterocycles. The molecule has 4 heteroatoms. The van der Waals surface area contributed by atoms with Crippen LogP contribution in [0.15, 0.2) is 121 Å². The predicted octanol–water partition coefficient (Wildman–Crippen LogP) is 8.41. The highest BCUT2D eigenvalue weighted by molar-refractivity contribution is 5.63. The lowest BCUT2D eigenvalue weighted by atomic mass is 9.85. The van der Waals surface area contributed by atoms with Crippen LogP contribution in [0.3, 0.4) is 0 Å². The minimum Gasteiger partial charge on any atom is -0.508 e. The van der Waals surface area contributed by atoms with Crippen LogP contribution in [0.25, 0.3) is 0 Å². The first kappa shape index (κ1) is 24.0. The van der Waals surface area contributed by atoms with Crippen molar-refractivity contribution in [1.29, 1.82) is 0 Å². The van der Waals surface area contributed by atoms with Crippen LogP contribution >= 0.6 is 0 Å². The Kier molecular flexibility index (Phi) is 7.09. The first-order valence-electron chi connectivity index (χ1n) is 12.4. The van der Waals surface area contributed by atoms with Gasteiger partial charge < -0.3 is 21.1 Å². The zero-order valence-corrected chi connectivity index (χ0v) is 21.1. The van der Waals surface area contributed by atoms with E-state index in [2.05, 4.69) is 120 Å². The van der Waals surface area contributed by atoms with Crippen molar-refractivity contribution in [2.24, 2.45) is 0 Å². The Balaban J connectivity index is 1.42. The number of hydrogen-bond acceptors (Lipinski definition) is 4. The van der Waals surface area contributed by atoms with E-state index in [1.807, 2.05) is 19.2 Å². The van der Waals surface area contributed by atoms with Crippen molar-refractivity contribution in [3.05, 3.63) is 144 Å². The highest BCUT2D eigenvalue weighted by Crippen LogP contribution is 2.34. The van der Waals surface area contributed by atoms with Crippen LogP contribution in [-0.2, 0) is 0 Å². The molecule has 0 saturated heterocycles. The van der Waals surface area contributed by atoms with E-state index in [4.69, 9.17) is 0 Å². The molecule has 0 aliphatic rings. The van der Waals surface area contributed by atoms with Gasteiger partial charge in [-0.2, -0.15) is 0 Å². The summed E-state index contributed by atoms with van der Waals surface area (Å²) in [7, 11) is 1.94. The average Bonchev–Trinajstić information content (AvgIpc) is 2.94. The van der Waals surface area contributed by atoms with Crippen molar-refractivity contribution in [2.45, 2.75) is 12.8 Å². The molecule has 5 aromatic rings. The molecule has 4 nitrogen and oxygen atoms in total. The highest BCUT2D eigenvalue weighted by Gasteiger charge is 2.17. The van der Waals surface area contributed by atoms with Crippen LogP contribution in [0.2, 0.25) is 0 Å². The molecule has 0 aliphatic heterocycles. The second kappa shape index (κ2) is 10.9. The highest BCUT2D eigenvalue weighted by atomic mass is 16.3. The molecular weight excluding hydrogens is 454 g/mol. The lowest BCUT2D eigenvalue weighted by Gasteiger charge is -2.20. The smallest absolute Gasteiger partial charge is 0.115 e. The number of phenolic OH excluding ortho intramolecular Hbond substituents is 1. The molecule has 184 valence electrons. The number of aryl methyl sites for hydroxylation is 1. The summed E-state index contributed by atoms with van der Waals surface area (Å²) in [5.74, 6) is 0.357. The minimum absolute atomic E-state index is 0.0991. The Morgan fingerprint density at radius 2 is 0.784 bits per heavy atom. The van der Waals surface area contributed by atoms with E-state index in [1.165, 1.54) is 22.3 Å². The van der Waals surface area contributed by atoms with E-state index in [0.29, 0.717) is 0 Å². The lowest BCUT2D eigenvalue weighted by molar-refractivity contribution is 0.475. The number of anilines is 5. The van der Waals surface area contributed by atoms with Gasteiger partial charge in [0.2, 0.25) is 0 Å². The summed E-state index contributed by atoms with van der Waals surface area (Å²) < 4.78 is 0. The molecular formula is C33H31N3O. The lowest BCUT2D eigenvalue weighted by Crippen LogP contribution is -2.04. The largest absolute Gasteiger partial charge is 0.508 e. The fourth-order valence-electron chi connectivity index (χ4n) is 4.45. The number of rotatable bonds is 8. The Hall–Kier alpha value is -4.70. The first-order valence-corrected chi connectivity index (χ1v) is 12.4. The fraction of sp³-hybridized carbons (Fsp3) is 0.0909. The molecule has 0 bridgehead atoms. The molecule has 37 heavy (non-hydrogen) atoms. The van der Waals surface area contributed by atoms with Gasteiger partial charge in [-0.05, 0) is 96.4 Å². The predicted molar refractivity (Wildman–Crippen MR) is 156 cm³/mol. The molecule has 5 rings (SSSR count). The third kappa shape index (κ3) is 5.93. The number of aromatic hydroxyl groups is 1. The molecule has 0 aliphatic carbocycles. The van der Waals surface area contributed by atoms with Crippen molar-refractivity contribution in [2.75, 3.05) is 23.0 Å². The van der Waals surface area contributed by atoms with Gasteiger partial charge >= 0.3 is 0 Å². The molecule has 0 radical (unpaired) electrons. The zero-order valence-electron chi connectivity index (χ0n) is 21.1. The number of phenols is 1. The van der Waals surface area contributed by atoms with Crippen LogP contribution in [0.4, 0.5) is 28.4 Å². The monoisotopic (exact) mass is 485 g/mol. The van der Waals surface area contributed by atoms with E-state index >= 15 is 0 Å². The molecule has 0 aromatic heterocycles. The number of benzene rings is 5. The second-order valence-corrected chi connectivity index (χ2v) is 9.21. The maximum Gasteiger partial charge on any atom is 0.115 e. The molecule has 1 atom stereocenters. The summed E-state index contributed by atoms with van der Waals surface area (Å²) in [5, 5.41) is 19.6. The van der Waals surface area contributed by atoms with Crippen molar-refractivity contribution < 1.29 is 5.11 Å². The minimum atomic E-state index is 0.0991. The Morgan fingerprint density at radius 3 is 1.16 bits per heavy atom. The van der Waals surface area contributed by atoms with E-state index in [-0.39, 0.29) is 11.7 Å². The van der Waals surface area contributed by atoms with Gasteiger partial charge in [-0.15, -0.1) is 0 Å².